The molecule has 1 amide bonds. The first-order valence-corrected chi connectivity index (χ1v) is 11.5. The maximum absolute atomic E-state index is 13.4. The smallest absolute Gasteiger partial charge is 0.280 e. The third-order valence-corrected chi connectivity index (χ3v) is 6.28. The van der Waals surface area contributed by atoms with Crippen LogP contribution in [0.3, 0.4) is 0 Å². The van der Waals surface area contributed by atoms with Crippen LogP contribution in [-0.2, 0) is 4.74 Å². The molecular weight excluding hydrogens is 462 g/mol. The highest BCUT2D eigenvalue weighted by Crippen LogP contribution is 2.37. The molecule has 3 aromatic rings. The van der Waals surface area contributed by atoms with E-state index in [1.807, 2.05) is 6.92 Å². The summed E-state index contributed by atoms with van der Waals surface area (Å²) in [5.74, 6) is -0.528. The fourth-order valence-corrected chi connectivity index (χ4v) is 4.51. The molecule has 0 unspecified atom stereocenters. The number of carbonyl (C=O) groups excluding carboxylic acids is 2. The van der Waals surface area contributed by atoms with E-state index in [4.69, 9.17) is 13.9 Å². The van der Waals surface area contributed by atoms with Crippen LogP contribution in [0.15, 0.2) is 15.3 Å². The van der Waals surface area contributed by atoms with Crippen molar-refractivity contribution in [1.82, 2.24) is 15.6 Å². The molecule has 3 rings (SSSR count). The topological polar surface area (TPSA) is 140 Å². The van der Waals surface area contributed by atoms with E-state index in [1.165, 1.54) is 13.2 Å². The summed E-state index contributed by atoms with van der Waals surface area (Å²) >= 11 is 1.08. The number of fused-ring (bicyclic) bond motifs is 1. The van der Waals surface area contributed by atoms with Gasteiger partial charge in [0.2, 0.25) is 5.43 Å². The molecule has 11 heteroatoms. The first-order chi connectivity index (χ1) is 16.3. The van der Waals surface area contributed by atoms with Gasteiger partial charge in [-0.3, -0.25) is 14.4 Å². The number of phenolic OH excluding ortho intramolecular Hbond substituents is 1. The SMILES string of the molecule is CCOCCNCCNC(=O)c1nc(C)c(-c2c(C)oc3c(C=O)c(O)c(OC)cc3c2=O)s1. The van der Waals surface area contributed by atoms with Crippen LogP contribution in [0.1, 0.15) is 38.5 Å². The van der Waals surface area contributed by atoms with Gasteiger partial charge < -0.3 is 29.6 Å². The molecule has 0 radical (unpaired) electrons. The van der Waals surface area contributed by atoms with Crippen molar-refractivity contribution < 1.29 is 28.6 Å². The van der Waals surface area contributed by atoms with Gasteiger partial charge in [0.25, 0.3) is 5.91 Å². The molecule has 3 N–H and O–H groups in total. The molecule has 0 aliphatic rings. The lowest BCUT2D eigenvalue weighted by Gasteiger charge is -2.11. The van der Waals surface area contributed by atoms with Crippen LogP contribution in [0.5, 0.6) is 11.5 Å². The minimum absolute atomic E-state index is 0.0207. The number of nitrogens with one attached hydrogen (secondary N) is 2. The number of benzene rings is 1. The van der Waals surface area contributed by atoms with E-state index < -0.39 is 11.2 Å². The molecule has 0 spiro atoms. The summed E-state index contributed by atoms with van der Waals surface area (Å²) in [7, 11) is 1.32. The number of amides is 1. The lowest BCUT2D eigenvalue weighted by molar-refractivity contribution is 0.0952. The maximum atomic E-state index is 13.4. The molecule has 0 aliphatic carbocycles. The van der Waals surface area contributed by atoms with Crippen molar-refractivity contribution in [2.24, 2.45) is 0 Å². The Bertz CT molecular complexity index is 1270. The lowest BCUT2D eigenvalue weighted by atomic mass is 10.0. The second kappa shape index (κ2) is 11.2. The van der Waals surface area contributed by atoms with Gasteiger partial charge in [-0.1, -0.05) is 0 Å². The van der Waals surface area contributed by atoms with Gasteiger partial charge in [-0.2, -0.15) is 0 Å². The molecule has 2 heterocycles. The van der Waals surface area contributed by atoms with Crippen LogP contribution in [0.2, 0.25) is 0 Å². The van der Waals surface area contributed by atoms with Crippen LogP contribution in [0.4, 0.5) is 0 Å². The molecule has 182 valence electrons. The van der Waals surface area contributed by atoms with Gasteiger partial charge in [-0.05, 0) is 26.8 Å². The second-order valence-corrected chi connectivity index (χ2v) is 8.33. The minimum Gasteiger partial charge on any atom is -0.504 e. The summed E-state index contributed by atoms with van der Waals surface area (Å²) in [4.78, 5) is 42.3. The van der Waals surface area contributed by atoms with Crippen molar-refractivity contribution in [3.05, 3.63) is 38.3 Å². The van der Waals surface area contributed by atoms with Crippen molar-refractivity contribution >= 4 is 34.5 Å². The average Bonchev–Trinajstić information content (AvgIpc) is 3.19. The van der Waals surface area contributed by atoms with Crippen LogP contribution in [0.25, 0.3) is 21.4 Å². The highest BCUT2D eigenvalue weighted by Gasteiger charge is 2.24. The Kier molecular flexibility index (Phi) is 8.37. The van der Waals surface area contributed by atoms with Gasteiger partial charge >= 0.3 is 0 Å². The van der Waals surface area contributed by atoms with E-state index >= 15 is 0 Å². The maximum Gasteiger partial charge on any atom is 0.280 e. The van der Waals surface area contributed by atoms with Crippen molar-refractivity contribution in [3.63, 3.8) is 0 Å². The van der Waals surface area contributed by atoms with E-state index in [-0.39, 0.29) is 44.5 Å². The molecule has 0 atom stereocenters. The number of aromatic nitrogens is 1. The van der Waals surface area contributed by atoms with Crippen LogP contribution >= 0.6 is 11.3 Å². The first-order valence-electron chi connectivity index (χ1n) is 10.7. The lowest BCUT2D eigenvalue weighted by Crippen LogP contribution is -2.33. The Balaban J connectivity index is 1.89. The normalized spacial score (nSPS) is 11.1. The molecule has 1 aromatic carbocycles. The van der Waals surface area contributed by atoms with Crippen molar-refractivity contribution in [3.8, 4) is 21.9 Å². The Morgan fingerprint density at radius 1 is 1.29 bits per heavy atom. The molecule has 0 saturated heterocycles. The summed E-state index contributed by atoms with van der Waals surface area (Å²) in [5.41, 5.74) is 0.121. The number of hydrogen-bond donors (Lipinski definition) is 3. The average molecular weight is 490 g/mol. The third kappa shape index (κ3) is 5.11. The quantitative estimate of drug-likeness (QED) is 0.274. The number of aryl methyl sites for hydroxylation is 2. The highest BCUT2D eigenvalue weighted by molar-refractivity contribution is 7.17. The zero-order chi connectivity index (χ0) is 24.8. The Labute approximate surface area is 199 Å². The summed E-state index contributed by atoms with van der Waals surface area (Å²) < 4.78 is 16.1. The number of phenols is 1. The molecule has 2 aromatic heterocycles. The summed E-state index contributed by atoms with van der Waals surface area (Å²) in [6, 6.07) is 1.33. The number of methoxy groups -OCH3 is 1. The number of ether oxygens (including phenoxy) is 2. The standard InChI is InChI=1S/C23H27N3O7S/c1-5-32-9-8-24-6-7-25-22(30)23-26-12(2)21(34-23)17-13(3)33-20-14(19(17)29)10-16(31-4)18(28)15(20)11-27/h10-11,24,28H,5-9H2,1-4H3,(H,25,30). The number of aromatic hydroxyl groups is 1. The fourth-order valence-electron chi connectivity index (χ4n) is 3.43. The molecule has 10 nitrogen and oxygen atoms in total. The van der Waals surface area contributed by atoms with E-state index in [9.17, 15) is 19.5 Å². The predicted molar refractivity (Wildman–Crippen MR) is 128 cm³/mol. The number of nitrogens with zero attached hydrogens (tertiary/aromatic N) is 1. The molecule has 0 fully saturated rings. The van der Waals surface area contributed by atoms with Crippen LogP contribution in [-0.4, -0.2) is 62.2 Å². The van der Waals surface area contributed by atoms with Gasteiger partial charge in [-0.25, -0.2) is 4.98 Å². The minimum atomic E-state index is -0.419. The number of aldehydes is 1. The largest absolute Gasteiger partial charge is 0.504 e. The molecular formula is C23H27N3O7S. The highest BCUT2D eigenvalue weighted by atomic mass is 32.1. The van der Waals surface area contributed by atoms with Crippen LogP contribution in [0, 0.1) is 13.8 Å². The monoisotopic (exact) mass is 489 g/mol. The second-order valence-electron chi connectivity index (χ2n) is 7.33. The fraction of sp³-hybridized carbons (Fsp3) is 0.391. The van der Waals surface area contributed by atoms with Gasteiger partial charge in [0.05, 0.1) is 35.2 Å². The third-order valence-electron chi connectivity index (χ3n) is 5.10. The van der Waals surface area contributed by atoms with Gasteiger partial charge in [-0.15, -0.1) is 11.3 Å². The number of carbonyl (C=O) groups is 2. The Morgan fingerprint density at radius 3 is 2.74 bits per heavy atom. The van der Waals surface area contributed by atoms with Crippen molar-refractivity contribution in [1.29, 1.82) is 0 Å². The molecule has 0 saturated carbocycles. The zero-order valence-electron chi connectivity index (χ0n) is 19.4. The van der Waals surface area contributed by atoms with Gasteiger partial charge in [0, 0.05) is 26.2 Å². The molecule has 34 heavy (non-hydrogen) atoms. The summed E-state index contributed by atoms with van der Waals surface area (Å²) in [5, 5.41) is 16.5. The number of thiazole rings is 1. The molecule has 0 bridgehead atoms. The van der Waals surface area contributed by atoms with Crippen LogP contribution < -0.4 is 20.8 Å². The van der Waals surface area contributed by atoms with Gasteiger partial charge in [0.1, 0.15) is 11.3 Å². The first kappa shape index (κ1) is 25.3. The zero-order valence-corrected chi connectivity index (χ0v) is 20.3. The number of hydrogen-bond acceptors (Lipinski definition) is 10. The number of rotatable bonds is 11. The Morgan fingerprint density at radius 2 is 2.06 bits per heavy atom. The Hall–Kier alpha value is -3.28. The van der Waals surface area contributed by atoms with Gasteiger partial charge in [0.15, 0.2) is 28.4 Å². The molecule has 0 aliphatic heterocycles. The summed E-state index contributed by atoms with van der Waals surface area (Å²) in [6.07, 6.45) is 0.411. The van der Waals surface area contributed by atoms with Crippen molar-refractivity contribution in [2.75, 3.05) is 40.0 Å². The van der Waals surface area contributed by atoms with E-state index in [0.29, 0.717) is 49.7 Å². The van der Waals surface area contributed by atoms with E-state index in [2.05, 4.69) is 15.6 Å². The summed E-state index contributed by atoms with van der Waals surface area (Å²) in [6.45, 7) is 8.16. The van der Waals surface area contributed by atoms with Crippen molar-refractivity contribution in [2.45, 2.75) is 20.8 Å². The van der Waals surface area contributed by atoms with E-state index in [1.54, 1.807) is 13.8 Å². The predicted octanol–water partition coefficient (Wildman–Crippen LogP) is 2.42. The van der Waals surface area contributed by atoms with E-state index in [0.717, 1.165) is 11.3 Å².